The van der Waals surface area contributed by atoms with Crippen LogP contribution in [0.5, 0.6) is 0 Å². The Hall–Kier alpha value is -1.81. The van der Waals surface area contributed by atoms with Gasteiger partial charge in [-0.25, -0.2) is 0 Å². The van der Waals surface area contributed by atoms with Crippen molar-refractivity contribution < 1.29 is 19.1 Å². The van der Waals surface area contributed by atoms with Crippen LogP contribution >= 0.6 is 0 Å². The minimum atomic E-state index is -1.32. The van der Waals surface area contributed by atoms with E-state index in [1.165, 1.54) is 0 Å². The molecule has 0 unspecified atom stereocenters. The molecule has 2 rings (SSSR count). The molecule has 0 aliphatic rings. The number of benzene rings is 1. The molecule has 0 radical (unpaired) electrons. The SMILES string of the molecule is CC(C)OCc1c(C(=O)[O-])oc2ccccc12. The van der Waals surface area contributed by atoms with Crippen LogP contribution in [0.25, 0.3) is 11.0 Å². The normalized spacial score (nSPS) is 11.2. The van der Waals surface area contributed by atoms with E-state index in [9.17, 15) is 9.90 Å². The number of hydrogen-bond acceptors (Lipinski definition) is 4. The van der Waals surface area contributed by atoms with E-state index in [0.717, 1.165) is 5.39 Å². The molecule has 0 spiro atoms. The fourth-order valence-corrected chi connectivity index (χ4v) is 1.66. The Bertz CT molecular complexity index is 539. The summed E-state index contributed by atoms with van der Waals surface area (Å²) in [5, 5.41) is 11.7. The number of carbonyl (C=O) groups is 1. The zero-order valence-corrected chi connectivity index (χ0v) is 9.73. The zero-order chi connectivity index (χ0) is 12.4. The van der Waals surface area contributed by atoms with Gasteiger partial charge in [0.15, 0.2) is 5.76 Å². The van der Waals surface area contributed by atoms with Crippen LogP contribution in [0.4, 0.5) is 0 Å². The topological polar surface area (TPSA) is 62.5 Å². The van der Waals surface area contributed by atoms with Gasteiger partial charge in [0.05, 0.1) is 12.7 Å². The standard InChI is InChI=1S/C13H14O4/c1-8(2)16-7-10-9-5-3-4-6-11(9)17-12(10)13(14)15/h3-6,8H,7H2,1-2H3,(H,14,15)/p-1. The van der Waals surface area contributed by atoms with Crippen LogP contribution in [-0.4, -0.2) is 12.1 Å². The molecule has 0 aliphatic carbocycles. The van der Waals surface area contributed by atoms with E-state index in [1.54, 1.807) is 12.1 Å². The van der Waals surface area contributed by atoms with Gasteiger partial charge in [-0.3, -0.25) is 0 Å². The fraction of sp³-hybridized carbons (Fsp3) is 0.308. The lowest BCUT2D eigenvalue weighted by atomic mass is 10.1. The summed E-state index contributed by atoms with van der Waals surface area (Å²) in [6.45, 7) is 3.99. The van der Waals surface area contributed by atoms with Crippen LogP contribution in [0.1, 0.15) is 30.0 Å². The van der Waals surface area contributed by atoms with Gasteiger partial charge >= 0.3 is 0 Å². The summed E-state index contributed by atoms with van der Waals surface area (Å²) < 4.78 is 10.7. The van der Waals surface area contributed by atoms with Gasteiger partial charge in [-0.15, -0.1) is 0 Å². The number of furan rings is 1. The number of rotatable bonds is 4. The fourth-order valence-electron chi connectivity index (χ4n) is 1.66. The maximum absolute atomic E-state index is 11.0. The number of ether oxygens (including phenoxy) is 1. The van der Waals surface area contributed by atoms with E-state index in [4.69, 9.17) is 9.15 Å². The lowest BCUT2D eigenvalue weighted by Crippen LogP contribution is -2.23. The third kappa shape index (κ3) is 2.31. The van der Waals surface area contributed by atoms with Gasteiger partial charge < -0.3 is 19.1 Å². The molecule has 90 valence electrons. The number of hydrogen-bond donors (Lipinski definition) is 0. The first-order valence-corrected chi connectivity index (χ1v) is 5.43. The van der Waals surface area contributed by atoms with Crippen LogP contribution in [0, 0.1) is 0 Å². The smallest absolute Gasteiger partial charge is 0.156 e. The largest absolute Gasteiger partial charge is 0.542 e. The quantitative estimate of drug-likeness (QED) is 0.806. The number of carboxylic acids is 1. The van der Waals surface area contributed by atoms with E-state index in [1.807, 2.05) is 26.0 Å². The molecule has 0 amide bonds. The van der Waals surface area contributed by atoms with Gasteiger partial charge in [-0.05, 0) is 19.9 Å². The molecule has 4 nitrogen and oxygen atoms in total. The highest BCUT2D eigenvalue weighted by molar-refractivity contribution is 5.94. The van der Waals surface area contributed by atoms with E-state index in [0.29, 0.717) is 11.1 Å². The molecular weight excluding hydrogens is 220 g/mol. The molecule has 17 heavy (non-hydrogen) atoms. The summed E-state index contributed by atoms with van der Waals surface area (Å²) in [5.41, 5.74) is 1.07. The second-order valence-corrected chi connectivity index (χ2v) is 4.05. The molecule has 0 atom stereocenters. The minimum absolute atomic E-state index is 0.0262. The van der Waals surface area contributed by atoms with Crippen molar-refractivity contribution in [1.29, 1.82) is 0 Å². The molecule has 2 aromatic rings. The second-order valence-electron chi connectivity index (χ2n) is 4.05. The second kappa shape index (κ2) is 4.59. The summed E-state index contributed by atoms with van der Waals surface area (Å²) in [5.74, 6) is -1.46. The Morgan fingerprint density at radius 1 is 1.41 bits per heavy atom. The van der Waals surface area contributed by atoms with Gasteiger partial charge in [0.2, 0.25) is 0 Å². The Balaban J connectivity index is 2.48. The number of carbonyl (C=O) groups excluding carboxylic acids is 1. The molecule has 0 bridgehead atoms. The molecular formula is C13H13O4-. The number of fused-ring (bicyclic) bond motifs is 1. The zero-order valence-electron chi connectivity index (χ0n) is 9.73. The maximum Gasteiger partial charge on any atom is 0.156 e. The van der Waals surface area contributed by atoms with Crippen molar-refractivity contribution in [3.63, 3.8) is 0 Å². The first kappa shape index (κ1) is 11.7. The third-order valence-corrected chi connectivity index (χ3v) is 2.44. The Morgan fingerprint density at radius 3 is 2.76 bits per heavy atom. The molecule has 1 aromatic heterocycles. The van der Waals surface area contributed by atoms with Gasteiger partial charge in [0.25, 0.3) is 0 Å². The molecule has 1 heterocycles. The summed E-state index contributed by atoms with van der Waals surface area (Å²) in [7, 11) is 0. The Morgan fingerprint density at radius 2 is 2.12 bits per heavy atom. The first-order valence-electron chi connectivity index (χ1n) is 5.43. The van der Waals surface area contributed by atoms with Crippen LogP contribution in [0.2, 0.25) is 0 Å². The number of aromatic carboxylic acids is 1. The third-order valence-electron chi connectivity index (χ3n) is 2.44. The van der Waals surface area contributed by atoms with Crippen LogP contribution in [0.3, 0.4) is 0 Å². The number of carboxylic acid groups (broad SMARTS) is 1. The van der Waals surface area contributed by atoms with Crippen molar-refractivity contribution >= 4 is 16.9 Å². The van der Waals surface area contributed by atoms with Crippen molar-refractivity contribution in [2.75, 3.05) is 0 Å². The van der Waals surface area contributed by atoms with E-state index >= 15 is 0 Å². The van der Waals surface area contributed by atoms with Crippen LogP contribution in [0.15, 0.2) is 28.7 Å². The van der Waals surface area contributed by atoms with Crippen LogP contribution < -0.4 is 5.11 Å². The molecule has 0 N–H and O–H groups in total. The molecule has 0 fully saturated rings. The van der Waals surface area contributed by atoms with Crippen molar-refractivity contribution in [3.8, 4) is 0 Å². The van der Waals surface area contributed by atoms with Gasteiger partial charge in [-0.1, -0.05) is 18.2 Å². The first-order chi connectivity index (χ1) is 8.09. The molecule has 4 heteroatoms. The van der Waals surface area contributed by atoms with Gasteiger partial charge in [0, 0.05) is 10.9 Å². The van der Waals surface area contributed by atoms with E-state index in [2.05, 4.69) is 0 Å². The average Bonchev–Trinajstić information content (AvgIpc) is 2.65. The highest BCUT2D eigenvalue weighted by Gasteiger charge is 2.15. The Labute approximate surface area is 98.8 Å². The predicted octanol–water partition coefficient (Wildman–Crippen LogP) is 1.72. The maximum atomic E-state index is 11.0. The lowest BCUT2D eigenvalue weighted by molar-refractivity contribution is -0.257. The highest BCUT2D eigenvalue weighted by atomic mass is 16.5. The van der Waals surface area contributed by atoms with Gasteiger partial charge in [-0.2, -0.15) is 0 Å². The van der Waals surface area contributed by atoms with Crippen LogP contribution in [-0.2, 0) is 11.3 Å². The molecule has 0 saturated heterocycles. The molecule has 1 aromatic carbocycles. The summed E-state index contributed by atoms with van der Waals surface area (Å²) in [6, 6.07) is 7.15. The number of para-hydroxylation sites is 1. The predicted molar refractivity (Wildman–Crippen MR) is 60.5 cm³/mol. The van der Waals surface area contributed by atoms with E-state index in [-0.39, 0.29) is 18.5 Å². The lowest BCUT2D eigenvalue weighted by Gasteiger charge is -2.08. The van der Waals surface area contributed by atoms with Crippen molar-refractivity contribution in [1.82, 2.24) is 0 Å². The van der Waals surface area contributed by atoms with Crippen molar-refractivity contribution in [3.05, 3.63) is 35.6 Å². The van der Waals surface area contributed by atoms with E-state index < -0.39 is 5.97 Å². The summed E-state index contributed by atoms with van der Waals surface area (Å²) in [4.78, 5) is 11.0. The highest BCUT2D eigenvalue weighted by Crippen LogP contribution is 2.26. The summed E-state index contributed by atoms with van der Waals surface area (Å²) in [6.07, 6.45) is 0.0262. The average molecular weight is 233 g/mol. The molecule has 0 aliphatic heterocycles. The Kier molecular flexibility index (Phi) is 3.15. The summed E-state index contributed by atoms with van der Waals surface area (Å²) >= 11 is 0. The van der Waals surface area contributed by atoms with Crippen molar-refractivity contribution in [2.45, 2.75) is 26.6 Å². The van der Waals surface area contributed by atoms with Gasteiger partial charge in [0.1, 0.15) is 11.6 Å². The monoisotopic (exact) mass is 233 g/mol. The minimum Gasteiger partial charge on any atom is -0.542 e. The molecule has 0 saturated carbocycles. The van der Waals surface area contributed by atoms with Crippen molar-refractivity contribution in [2.24, 2.45) is 0 Å².